The lowest BCUT2D eigenvalue weighted by molar-refractivity contribution is -0.124. The highest BCUT2D eigenvalue weighted by Gasteiger charge is 2.31. The Morgan fingerprint density at radius 2 is 2.06 bits per heavy atom. The van der Waals surface area contributed by atoms with Crippen molar-refractivity contribution in [1.82, 2.24) is 24.3 Å². The van der Waals surface area contributed by atoms with Crippen LogP contribution in [0, 0.1) is 29.0 Å². The van der Waals surface area contributed by atoms with Gasteiger partial charge in [0, 0.05) is 43.5 Å². The molecule has 178 valence electrons. The van der Waals surface area contributed by atoms with Crippen molar-refractivity contribution in [2.24, 2.45) is 0 Å². The number of likely N-dealkylation sites (tertiary alicyclic amines) is 1. The molecule has 1 saturated heterocycles. The summed E-state index contributed by atoms with van der Waals surface area (Å²) < 4.78 is 22.6. The van der Waals surface area contributed by atoms with Gasteiger partial charge in [-0.2, -0.15) is 5.26 Å². The fraction of sp³-hybridized carbons (Fsp3) is 0.192. The van der Waals surface area contributed by atoms with Crippen LogP contribution in [0.25, 0.3) is 16.9 Å². The van der Waals surface area contributed by atoms with Gasteiger partial charge in [0.25, 0.3) is 5.91 Å². The number of carbonyl (C=O) groups excluding carboxylic acids is 1. The first-order chi connectivity index (χ1) is 17.5. The van der Waals surface area contributed by atoms with Crippen LogP contribution in [0.5, 0.6) is 11.6 Å². The lowest BCUT2D eigenvalue weighted by Crippen LogP contribution is -2.26. The Labute approximate surface area is 206 Å². The number of pyridine rings is 1. The number of benzene rings is 1. The normalized spacial score (nSPS) is 14.8. The molecule has 1 atom stereocenters. The number of aromatic nitrogens is 4. The van der Waals surface area contributed by atoms with Gasteiger partial charge in [-0.3, -0.25) is 9.20 Å². The largest absolute Gasteiger partial charge is 0.439 e. The van der Waals surface area contributed by atoms with Crippen LogP contribution in [-0.2, 0) is 4.79 Å². The molecule has 5 rings (SSSR count). The van der Waals surface area contributed by atoms with Gasteiger partial charge >= 0.3 is 0 Å². The molecular weight excluding hydrogens is 461 g/mol. The molecule has 4 aromatic rings. The zero-order valence-electron chi connectivity index (χ0n) is 19.3. The van der Waals surface area contributed by atoms with Crippen LogP contribution in [0.3, 0.4) is 0 Å². The van der Waals surface area contributed by atoms with Crippen LogP contribution in [0.4, 0.5) is 10.3 Å². The average molecular weight is 481 g/mol. The first-order valence-electron chi connectivity index (χ1n) is 11.2. The third-order valence-corrected chi connectivity index (χ3v) is 5.97. The van der Waals surface area contributed by atoms with Gasteiger partial charge in [0.2, 0.25) is 11.8 Å². The van der Waals surface area contributed by atoms with Crippen molar-refractivity contribution >= 4 is 17.4 Å². The Balaban J connectivity index is 1.50. The third-order valence-electron chi connectivity index (χ3n) is 5.97. The predicted octanol–water partition coefficient (Wildman–Crippen LogP) is 3.52. The van der Waals surface area contributed by atoms with Crippen molar-refractivity contribution in [3.8, 4) is 40.9 Å². The van der Waals surface area contributed by atoms with Crippen molar-refractivity contribution in [2.45, 2.75) is 19.3 Å². The van der Waals surface area contributed by atoms with Crippen LogP contribution in [0.2, 0.25) is 0 Å². The zero-order valence-corrected chi connectivity index (χ0v) is 19.3. The maximum Gasteiger partial charge on any atom is 0.298 e. The van der Waals surface area contributed by atoms with E-state index in [4.69, 9.17) is 20.7 Å². The molecule has 0 saturated carbocycles. The van der Waals surface area contributed by atoms with Crippen molar-refractivity contribution in [3.63, 3.8) is 0 Å². The van der Waals surface area contributed by atoms with Crippen LogP contribution >= 0.6 is 0 Å². The number of anilines is 1. The summed E-state index contributed by atoms with van der Waals surface area (Å²) >= 11 is 0. The number of nitrogens with two attached hydrogens (primary N) is 1. The first-order valence-corrected chi connectivity index (χ1v) is 11.2. The van der Waals surface area contributed by atoms with Crippen molar-refractivity contribution in [2.75, 3.05) is 18.8 Å². The quantitative estimate of drug-likeness (QED) is 0.443. The molecule has 36 heavy (non-hydrogen) atoms. The molecule has 9 nitrogen and oxygen atoms in total. The number of carbonyl (C=O) groups is 1. The predicted molar refractivity (Wildman–Crippen MR) is 129 cm³/mol. The van der Waals surface area contributed by atoms with Crippen LogP contribution in [-0.4, -0.2) is 43.2 Å². The molecule has 2 N–H and O–H groups in total. The number of imidazole rings is 1. The van der Waals surface area contributed by atoms with Gasteiger partial charge in [0.1, 0.15) is 11.6 Å². The molecule has 1 aliphatic heterocycles. The number of amides is 1. The van der Waals surface area contributed by atoms with Crippen LogP contribution < -0.4 is 10.5 Å². The minimum atomic E-state index is -0.577. The minimum Gasteiger partial charge on any atom is -0.439 e. The molecule has 0 aliphatic carbocycles. The second-order valence-electron chi connectivity index (χ2n) is 8.19. The molecule has 4 heterocycles. The topological polar surface area (TPSA) is 122 Å². The SMILES string of the molecule is CC#CC(=O)N1CCC(c2nc(-c3ccc(Oc4cc(C#N)ccn4)cc3F)n3c(N)nccc23)C1. The summed E-state index contributed by atoms with van der Waals surface area (Å²) in [7, 11) is 0. The van der Waals surface area contributed by atoms with E-state index in [2.05, 4.69) is 21.8 Å². The van der Waals surface area contributed by atoms with Crippen molar-refractivity contribution in [3.05, 3.63) is 65.9 Å². The van der Waals surface area contributed by atoms with E-state index in [0.29, 0.717) is 36.4 Å². The smallest absolute Gasteiger partial charge is 0.298 e. The number of rotatable bonds is 4. The Kier molecular flexibility index (Phi) is 5.93. The molecule has 0 spiro atoms. The number of hydrogen-bond donors (Lipinski definition) is 1. The van der Waals surface area contributed by atoms with E-state index in [9.17, 15) is 4.79 Å². The van der Waals surface area contributed by atoms with E-state index < -0.39 is 5.82 Å². The molecule has 3 aromatic heterocycles. The van der Waals surface area contributed by atoms with Crippen LogP contribution in [0.15, 0.2) is 48.8 Å². The van der Waals surface area contributed by atoms with E-state index in [1.165, 1.54) is 18.3 Å². The molecular formula is C26H20FN7O2. The molecule has 0 radical (unpaired) electrons. The van der Waals surface area contributed by atoms with Gasteiger partial charge in [-0.05, 0) is 43.5 Å². The Morgan fingerprint density at radius 1 is 1.22 bits per heavy atom. The van der Waals surface area contributed by atoms with Gasteiger partial charge in [0.05, 0.1) is 28.4 Å². The lowest BCUT2D eigenvalue weighted by atomic mass is 10.0. The fourth-order valence-corrected chi connectivity index (χ4v) is 4.32. The summed E-state index contributed by atoms with van der Waals surface area (Å²) in [6, 6.07) is 11.2. The van der Waals surface area contributed by atoms with Crippen molar-refractivity contribution < 1.29 is 13.9 Å². The summed E-state index contributed by atoms with van der Waals surface area (Å²) in [5.41, 5.74) is 8.19. The number of nitrogens with zero attached hydrogens (tertiary/aromatic N) is 6. The highest BCUT2D eigenvalue weighted by molar-refractivity contribution is 5.93. The second-order valence-corrected chi connectivity index (χ2v) is 8.19. The number of fused-ring (bicyclic) bond motifs is 1. The van der Waals surface area contributed by atoms with Gasteiger partial charge in [-0.1, -0.05) is 5.92 Å². The highest BCUT2D eigenvalue weighted by atomic mass is 19.1. The number of ether oxygens (including phenoxy) is 1. The van der Waals surface area contributed by atoms with E-state index in [1.54, 1.807) is 46.7 Å². The Hall–Kier alpha value is -4.96. The Morgan fingerprint density at radius 3 is 2.83 bits per heavy atom. The number of hydrogen-bond acceptors (Lipinski definition) is 7. The van der Waals surface area contributed by atoms with E-state index in [1.807, 2.05) is 6.07 Å². The molecule has 1 aliphatic rings. The molecule has 0 bridgehead atoms. The molecule has 1 amide bonds. The summed E-state index contributed by atoms with van der Waals surface area (Å²) in [4.78, 5) is 26.9. The molecule has 1 aromatic carbocycles. The fourth-order valence-electron chi connectivity index (χ4n) is 4.32. The van der Waals surface area contributed by atoms with Gasteiger partial charge < -0.3 is 15.4 Å². The minimum absolute atomic E-state index is 0.0534. The van der Waals surface area contributed by atoms with E-state index >= 15 is 4.39 Å². The average Bonchev–Trinajstić information content (AvgIpc) is 3.51. The van der Waals surface area contributed by atoms with E-state index in [0.717, 1.165) is 5.69 Å². The van der Waals surface area contributed by atoms with Gasteiger partial charge in [0.15, 0.2) is 5.82 Å². The summed E-state index contributed by atoms with van der Waals surface area (Å²) in [5.74, 6) is 5.22. The highest BCUT2D eigenvalue weighted by Crippen LogP contribution is 2.35. The van der Waals surface area contributed by atoms with E-state index in [-0.39, 0.29) is 35.0 Å². The second kappa shape index (κ2) is 9.35. The van der Waals surface area contributed by atoms with Crippen molar-refractivity contribution in [1.29, 1.82) is 5.26 Å². The zero-order chi connectivity index (χ0) is 25.2. The lowest BCUT2D eigenvalue weighted by Gasteiger charge is -2.12. The van der Waals surface area contributed by atoms with Crippen LogP contribution in [0.1, 0.15) is 30.5 Å². The maximum absolute atomic E-state index is 15.3. The number of halogens is 1. The third kappa shape index (κ3) is 4.17. The van der Waals surface area contributed by atoms with Gasteiger partial charge in [-0.25, -0.2) is 19.3 Å². The first kappa shape index (κ1) is 22.8. The summed E-state index contributed by atoms with van der Waals surface area (Å²) in [6.07, 6.45) is 3.73. The standard InChI is InChI=1S/C26H20FN7O2/c1-2-3-23(35)33-11-8-17(15-33)24-21-7-10-31-26(29)34(21)25(32-24)19-5-4-18(13-20(19)27)36-22-12-16(14-28)6-9-30-22/h4-7,9-10,12-13,17H,8,11,15H2,1H3,(H2,29,31). The maximum atomic E-state index is 15.3. The molecule has 10 heteroatoms. The summed E-state index contributed by atoms with van der Waals surface area (Å²) in [6.45, 7) is 2.65. The monoisotopic (exact) mass is 481 g/mol. The number of nitriles is 1. The summed E-state index contributed by atoms with van der Waals surface area (Å²) in [5, 5.41) is 9.05. The number of nitrogen functional groups attached to an aromatic ring is 1. The molecule has 1 unspecified atom stereocenters. The molecule has 1 fully saturated rings. The van der Waals surface area contributed by atoms with Gasteiger partial charge in [-0.15, -0.1) is 0 Å². The Bertz CT molecular complexity index is 1600.